The number of fused-ring (bicyclic) bond motifs is 1. The zero-order valence-electron chi connectivity index (χ0n) is 16.5. The SMILES string of the molecule is N#Cc1ccc(-c2cnc3nc(-c4cc(NC(=O)c5ccco5)ccc4Cl)[nH]c3c2)cc1. The summed E-state index contributed by atoms with van der Waals surface area (Å²) in [6.45, 7) is 0. The molecule has 0 spiro atoms. The number of hydrogen-bond donors (Lipinski definition) is 2. The Bertz CT molecular complexity index is 1480. The molecule has 7 nitrogen and oxygen atoms in total. The summed E-state index contributed by atoms with van der Waals surface area (Å²) in [5, 5.41) is 12.2. The molecule has 0 atom stereocenters. The van der Waals surface area contributed by atoms with Crippen molar-refractivity contribution in [2.45, 2.75) is 0 Å². The first-order chi connectivity index (χ1) is 15.6. The number of nitrogens with one attached hydrogen (secondary N) is 2. The lowest BCUT2D eigenvalue weighted by molar-refractivity contribution is 0.0996. The number of nitriles is 1. The van der Waals surface area contributed by atoms with E-state index >= 15 is 0 Å². The summed E-state index contributed by atoms with van der Waals surface area (Å²) in [5.74, 6) is 0.384. The van der Waals surface area contributed by atoms with Crippen LogP contribution in [-0.2, 0) is 0 Å². The van der Waals surface area contributed by atoms with Gasteiger partial charge in [0.2, 0.25) is 0 Å². The normalized spacial score (nSPS) is 10.8. The van der Waals surface area contributed by atoms with Gasteiger partial charge in [-0.15, -0.1) is 0 Å². The minimum absolute atomic E-state index is 0.213. The van der Waals surface area contributed by atoms with Crippen molar-refractivity contribution in [2.75, 3.05) is 5.32 Å². The topological polar surface area (TPSA) is 108 Å². The lowest BCUT2D eigenvalue weighted by Crippen LogP contribution is -2.10. The van der Waals surface area contributed by atoms with Crippen LogP contribution in [-0.4, -0.2) is 20.9 Å². The van der Waals surface area contributed by atoms with Crippen molar-refractivity contribution in [1.82, 2.24) is 15.0 Å². The van der Waals surface area contributed by atoms with Crippen LogP contribution in [0.5, 0.6) is 0 Å². The van der Waals surface area contributed by atoms with E-state index < -0.39 is 0 Å². The summed E-state index contributed by atoms with van der Waals surface area (Å²) in [4.78, 5) is 24.5. The number of carbonyl (C=O) groups excluding carboxylic acids is 1. The predicted molar refractivity (Wildman–Crippen MR) is 121 cm³/mol. The smallest absolute Gasteiger partial charge is 0.291 e. The lowest BCUT2D eigenvalue weighted by atomic mass is 10.1. The van der Waals surface area contributed by atoms with Crippen molar-refractivity contribution in [3.05, 3.63) is 89.5 Å². The van der Waals surface area contributed by atoms with E-state index in [2.05, 4.69) is 26.3 Å². The Morgan fingerprint density at radius 2 is 1.94 bits per heavy atom. The first-order valence-corrected chi connectivity index (χ1v) is 9.99. The highest BCUT2D eigenvalue weighted by molar-refractivity contribution is 6.33. The molecule has 0 fully saturated rings. The average Bonchev–Trinajstić information content (AvgIpc) is 3.50. The molecule has 0 saturated carbocycles. The number of furan rings is 1. The highest BCUT2D eigenvalue weighted by atomic mass is 35.5. The van der Waals surface area contributed by atoms with Crippen LogP contribution >= 0.6 is 11.6 Å². The summed E-state index contributed by atoms with van der Waals surface area (Å²) < 4.78 is 5.13. The van der Waals surface area contributed by atoms with E-state index in [0.29, 0.717) is 33.3 Å². The van der Waals surface area contributed by atoms with Crippen LogP contribution in [0.4, 0.5) is 5.69 Å². The van der Waals surface area contributed by atoms with Gasteiger partial charge in [-0.2, -0.15) is 5.26 Å². The molecule has 32 heavy (non-hydrogen) atoms. The molecule has 5 aromatic rings. The van der Waals surface area contributed by atoms with Crippen LogP contribution in [0, 0.1) is 11.3 Å². The number of aromatic nitrogens is 3. The molecule has 2 N–H and O–H groups in total. The van der Waals surface area contributed by atoms with Gasteiger partial charge in [0, 0.05) is 23.0 Å². The fraction of sp³-hybridized carbons (Fsp3) is 0. The van der Waals surface area contributed by atoms with E-state index in [1.165, 1.54) is 6.26 Å². The van der Waals surface area contributed by atoms with Crippen LogP contribution in [0.1, 0.15) is 16.1 Å². The van der Waals surface area contributed by atoms with Gasteiger partial charge in [-0.05, 0) is 54.1 Å². The minimum Gasteiger partial charge on any atom is -0.459 e. The maximum atomic E-state index is 12.3. The number of nitrogens with zero attached hydrogens (tertiary/aromatic N) is 3. The predicted octanol–water partition coefficient (Wildman–Crippen LogP) is 5.66. The molecule has 0 aliphatic carbocycles. The van der Waals surface area contributed by atoms with Gasteiger partial charge >= 0.3 is 0 Å². The van der Waals surface area contributed by atoms with Crippen LogP contribution < -0.4 is 5.32 Å². The largest absolute Gasteiger partial charge is 0.459 e. The van der Waals surface area contributed by atoms with Crippen LogP contribution in [0.25, 0.3) is 33.7 Å². The summed E-state index contributed by atoms with van der Waals surface area (Å²) in [6, 6.07) is 19.7. The van der Waals surface area contributed by atoms with Crippen molar-refractivity contribution in [3.8, 4) is 28.6 Å². The first-order valence-electron chi connectivity index (χ1n) is 9.62. The summed E-state index contributed by atoms with van der Waals surface area (Å²) >= 11 is 6.41. The van der Waals surface area contributed by atoms with Gasteiger partial charge in [-0.25, -0.2) is 9.97 Å². The van der Waals surface area contributed by atoms with E-state index in [9.17, 15) is 4.79 Å². The number of benzene rings is 2. The third kappa shape index (κ3) is 3.71. The fourth-order valence-electron chi connectivity index (χ4n) is 3.31. The number of amides is 1. The second kappa shape index (κ2) is 8.02. The number of halogens is 1. The molecule has 0 saturated heterocycles. The summed E-state index contributed by atoms with van der Waals surface area (Å²) in [6.07, 6.45) is 3.17. The lowest BCUT2D eigenvalue weighted by Gasteiger charge is -2.07. The van der Waals surface area contributed by atoms with E-state index in [0.717, 1.165) is 16.6 Å². The Morgan fingerprint density at radius 1 is 1.09 bits per heavy atom. The van der Waals surface area contributed by atoms with Gasteiger partial charge in [-0.3, -0.25) is 4.79 Å². The molecule has 8 heteroatoms. The van der Waals surface area contributed by atoms with Crippen molar-refractivity contribution in [1.29, 1.82) is 5.26 Å². The molecule has 3 aromatic heterocycles. The molecule has 2 aromatic carbocycles. The molecule has 0 aliphatic heterocycles. The Labute approximate surface area is 187 Å². The maximum Gasteiger partial charge on any atom is 0.291 e. The van der Waals surface area contributed by atoms with Gasteiger partial charge in [0.05, 0.1) is 28.4 Å². The molecular weight excluding hydrogens is 426 g/mol. The van der Waals surface area contributed by atoms with Gasteiger partial charge in [-0.1, -0.05) is 23.7 Å². The number of hydrogen-bond acceptors (Lipinski definition) is 5. The number of aromatic amines is 1. The Kier molecular flexibility index (Phi) is 4.90. The molecule has 0 unspecified atom stereocenters. The highest BCUT2D eigenvalue weighted by Crippen LogP contribution is 2.31. The fourth-order valence-corrected chi connectivity index (χ4v) is 3.51. The second-order valence-electron chi connectivity index (χ2n) is 7.00. The van der Waals surface area contributed by atoms with Gasteiger partial charge in [0.1, 0.15) is 5.82 Å². The van der Waals surface area contributed by atoms with Crippen molar-refractivity contribution < 1.29 is 9.21 Å². The molecule has 154 valence electrons. The third-order valence-corrected chi connectivity index (χ3v) is 5.24. The second-order valence-corrected chi connectivity index (χ2v) is 7.40. The zero-order chi connectivity index (χ0) is 22.1. The van der Waals surface area contributed by atoms with Crippen LogP contribution in [0.3, 0.4) is 0 Å². The van der Waals surface area contributed by atoms with Crippen LogP contribution in [0.2, 0.25) is 5.02 Å². The molecule has 5 rings (SSSR count). The van der Waals surface area contributed by atoms with Gasteiger partial charge in [0.15, 0.2) is 11.4 Å². The quantitative estimate of drug-likeness (QED) is 0.375. The van der Waals surface area contributed by atoms with Crippen molar-refractivity contribution in [3.63, 3.8) is 0 Å². The maximum absolute atomic E-state index is 12.3. The van der Waals surface area contributed by atoms with Gasteiger partial charge < -0.3 is 14.7 Å². The summed E-state index contributed by atoms with van der Waals surface area (Å²) in [7, 11) is 0. The van der Waals surface area contributed by atoms with Crippen LogP contribution in [0.15, 0.2) is 77.5 Å². The van der Waals surface area contributed by atoms with E-state index in [1.807, 2.05) is 18.2 Å². The number of anilines is 1. The van der Waals surface area contributed by atoms with Crippen molar-refractivity contribution >= 4 is 34.4 Å². The number of carbonyl (C=O) groups is 1. The van der Waals surface area contributed by atoms with Gasteiger partial charge in [0.25, 0.3) is 5.91 Å². The standard InChI is InChI=1S/C24H14ClN5O2/c25-19-8-7-17(28-24(31)21-2-1-9-32-21)11-18(19)22-29-20-10-16(13-27-23(20)30-22)15-5-3-14(12-26)4-6-15/h1-11,13H,(H,28,31)(H,27,29,30). The Balaban J connectivity index is 1.47. The zero-order valence-corrected chi connectivity index (χ0v) is 17.2. The average molecular weight is 440 g/mol. The van der Waals surface area contributed by atoms with E-state index in [1.54, 1.807) is 48.7 Å². The van der Waals surface area contributed by atoms with E-state index in [4.69, 9.17) is 21.3 Å². The monoisotopic (exact) mass is 439 g/mol. The highest BCUT2D eigenvalue weighted by Gasteiger charge is 2.14. The number of rotatable bonds is 4. The molecule has 0 bridgehead atoms. The molecule has 1 amide bonds. The summed E-state index contributed by atoms with van der Waals surface area (Å²) in [5.41, 5.74) is 4.89. The Hall–Kier alpha value is -4.41. The first kappa shape index (κ1) is 19.5. The molecule has 3 heterocycles. The Morgan fingerprint density at radius 3 is 2.69 bits per heavy atom. The minimum atomic E-state index is -0.360. The number of H-pyrrole nitrogens is 1. The molecular formula is C24H14ClN5O2. The molecule has 0 radical (unpaired) electrons. The third-order valence-electron chi connectivity index (χ3n) is 4.91. The number of pyridine rings is 1. The van der Waals surface area contributed by atoms with Crippen molar-refractivity contribution in [2.24, 2.45) is 0 Å². The molecule has 0 aliphatic rings. The number of imidazole rings is 1. The van der Waals surface area contributed by atoms with E-state index in [-0.39, 0.29) is 11.7 Å².